The van der Waals surface area contributed by atoms with Crippen molar-refractivity contribution >= 4 is 50.9 Å². The van der Waals surface area contributed by atoms with E-state index < -0.39 is 0 Å². The van der Waals surface area contributed by atoms with Gasteiger partial charge in [-0.25, -0.2) is 0 Å². The monoisotopic (exact) mass is 482 g/mol. The summed E-state index contributed by atoms with van der Waals surface area (Å²) in [5, 5.41) is 5.66. The first-order chi connectivity index (χ1) is 14.5. The maximum atomic E-state index is 12.8. The summed E-state index contributed by atoms with van der Waals surface area (Å²) in [4.78, 5) is 26.2. The first-order valence-corrected chi connectivity index (χ1v) is 11.3. The number of anilines is 2. The number of carbonyl (C=O) groups is 2. The standard InChI is InChI=1S/C24H23BrN2O2S/c1-3-22(24(29)27-21-13-5-4-12-20(21)25)30-19-11-7-10-18(15-19)26-23(28)17-9-6-8-16(2)14-17/h4-15,22H,3H2,1-2H3,(H,26,28)(H,27,29). The van der Waals surface area contributed by atoms with E-state index in [9.17, 15) is 9.59 Å². The second-order valence-corrected chi connectivity index (χ2v) is 8.97. The van der Waals surface area contributed by atoms with Crippen molar-refractivity contribution in [3.63, 3.8) is 0 Å². The molecule has 0 aliphatic rings. The minimum atomic E-state index is -0.250. The summed E-state index contributed by atoms with van der Waals surface area (Å²) >= 11 is 4.94. The highest BCUT2D eigenvalue weighted by Gasteiger charge is 2.19. The number of benzene rings is 3. The number of aryl methyl sites for hydroxylation is 1. The second kappa shape index (κ2) is 10.5. The van der Waals surface area contributed by atoms with Crippen LogP contribution in [0.3, 0.4) is 0 Å². The van der Waals surface area contributed by atoms with Gasteiger partial charge >= 0.3 is 0 Å². The zero-order chi connectivity index (χ0) is 21.5. The van der Waals surface area contributed by atoms with E-state index in [1.807, 2.05) is 80.6 Å². The highest BCUT2D eigenvalue weighted by molar-refractivity contribution is 9.10. The zero-order valence-electron chi connectivity index (χ0n) is 16.8. The lowest BCUT2D eigenvalue weighted by Gasteiger charge is -2.16. The largest absolute Gasteiger partial charge is 0.324 e. The van der Waals surface area contributed by atoms with Gasteiger partial charge in [0, 0.05) is 20.6 Å². The lowest BCUT2D eigenvalue weighted by Crippen LogP contribution is -2.24. The molecule has 2 N–H and O–H groups in total. The Labute approximate surface area is 189 Å². The lowest BCUT2D eigenvalue weighted by molar-refractivity contribution is -0.115. The van der Waals surface area contributed by atoms with Crippen LogP contribution in [0.25, 0.3) is 0 Å². The Morgan fingerprint density at radius 3 is 2.47 bits per heavy atom. The van der Waals surface area contributed by atoms with Gasteiger partial charge in [-0.2, -0.15) is 0 Å². The summed E-state index contributed by atoms with van der Waals surface area (Å²) in [7, 11) is 0. The van der Waals surface area contributed by atoms with E-state index >= 15 is 0 Å². The number of halogens is 1. The van der Waals surface area contributed by atoms with Crippen molar-refractivity contribution in [2.75, 3.05) is 10.6 Å². The second-order valence-electron chi connectivity index (χ2n) is 6.84. The Balaban J connectivity index is 1.67. The van der Waals surface area contributed by atoms with Gasteiger partial charge in [-0.05, 0) is 71.7 Å². The summed E-state index contributed by atoms with van der Waals surface area (Å²) in [6, 6.07) is 22.6. The number of rotatable bonds is 7. The van der Waals surface area contributed by atoms with Crippen LogP contribution in [0, 0.1) is 6.92 Å². The predicted octanol–water partition coefficient (Wildman–Crippen LogP) is 6.52. The first kappa shape index (κ1) is 22.1. The molecule has 3 aromatic rings. The van der Waals surface area contributed by atoms with E-state index in [0.717, 1.165) is 20.6 Å². The van der Waals surface area contributed by atoms with Gasteiger partial charge in [0.05, 0.1) is 10.9 Å². The molecule has 3 aromatic carbocycles. The van der Waals surface area contributed by atoms with E-state index in [2.05, 4.69) is 26.6 Å². The molecule has 0 radical (unpaired) electrons. The molecule has 6 heteroatoms. The van der Waals surface area contributed by atoms with Crippen molar-refractivity contribution in [1.82, 2.24) is 0 Å². The number of hydrogen-bond donors (Lipinski definition) is 2. The van der Waals surface area contributed by atoms with E-state index in [4.69, 9.17) is 0 Å². The topological polar surface area (TPSA) is 58.2 Å². The average Bonchev–Trinajstić information content (AvgIpc) is 2.74. The van der Waals surface area contributed by atoms with Crippen LogP contribution in [0.15, 0.2) is 82.2 Å². The Hall–Kier alpha value is -2.57. The van der Waals surface area contributed by atoms with Crippen molar-refractivity contribution in [3.05, 3.63) is 88.4 Å². The van der Waals surface area contributed by atoms with Crippen LogP contribution in [0.4, 0.5) is 11.4 Å². The molecule has 2 amide bonds. The Morgan fingerprint density at radius 1 is 0.967 bits per heavy atom. The third kappa shape index (κ3) is 5.97. The van der Waals surface area contributed by atoms with E-state index in [1.54, 1.807) is 6.07 Å². The molecule has 1 unspecified atom stereocenters. The summed E-state index contributed by atoms with van der Waals surface area (Å²) in [6.45, 7) is 3.94. The number of para-hydroxylation sites is 1. The Kier molecular flexibility index (Phi) is 7.71. The molecular weight excluding hydrogens is 460 g/mol. The van der Waals surface area contributed by atoms with Gasteiger partial charge in [-0.15, -0.1) is 11.8 Å². The number of nitrogens with one attached hydrogen (secondary N) is 2. The molecule has 1 atom stereocenters. The van der Waals surface area contributed by atoms with E-state index in [1.165, 1.54) is 11.8 Å². The summed E-state index contributed by atoms with van der Waals surface area (Å²) in [6.07, 6.45) is 0.681. The SMILES string of the molecule is CCC(Sc1cccc(NC(=O)c2cccc(C)c2)c1)C(=O)Nc1ccccc1Br. The fraction of sp³-hybridized carbons (Fsp3) is 0.167. The van der Waals surface area contributed by atoms with Crippen LogP contribution in [-0.4, -0.2) is 17.1 Å². The molecular formula is C24H23BrN2O2S. The molecule has 0 saturated heterocycles. The van der Waals surface area contributed by atoms with Crippen LogP contribution in [0.2, 0.25) is 0 Å². The molecule has 0 aliphatic heterocycles. The third-order valence-corrected chi connectivity index (χ3v) is 6.49. The zero-order valence-corrected chi connectivity index (χ0v) is 19.2. The molecule has 4 nitrogen and oxygen atoms in total. The lowest BCUT2D eigenvalue weighted by atomic mass is 10.1. The molecule has 0 saturated carbocycles. The maximum absolute atomic E-state index is 12.8. The van der Waals surface area contributed by atoms with Crippen molar-refractivity contribution in [2.24, 2.45) is 0 Å². The molecule has 0 aromatic heterocycles. The number of amides is 2. The highest BCUT2D eigenvalue weighted by Crippen LogP contribution is 2.30. The van der Waals surface area contributed by atoms with Crippen LogP contribution in [0.5, 0.6) is 0 Å². The predicted molar refractivity (Wildman–Crippen MR) is 128 cm³/mol. The quantitative estimate of drug-likeness (QED) is 0.376. The van der Waals surface area contributed by atoms with Gasteiger partial charge in [0.25, 0.3) is 5.91 Å². The average molecular weight is 483 g/mol. The minimum absolute atomic E-state index is 0.0522. The molecule has 0 heterocycles. The molecule has 0 aliphatic carbocycles. The summed E-state index contributed by atoms with van der Waals surface area (Å²) < 4.78 is 0.846. The number of hydrogen-bond acceptors (Lipinski definition) is 3. The minimum Gasteiger partial charge on any atom is -0.324 e. The van der Waals surface area contributed by atoms with Crippen LogP contribution < -0.4 is 10.6 Å². The highest BCUT2D eigenvalue weighted by atomic mass is 79.9. The van der Waals surface area contributed by atoms with Crippen molar-refractivity contribution in [2.45, 2.75) is 30.4 Å². The number of thioether (sulfide) groups is 1. The smallest absolute Gasteiger partial charge is 0.255 e. The van der Waals surface area contributed by atoms with Gasteiger partial charge in [0.1, 0.15) is 0 Å². The van der Waals surface area contributed by atoms with Crippen molar-refractivity contribution in [3.8, 4) is 0 Å². The molecule has 0 fully saturated rings. The first-order valence-electron chi connectivity index (χ1n) is 9.66. The molecule has 154 valence electrons. The van der Waals surface area contributed by atoms with Crippen molar-refractivity contribution in [1.29, 1.82) is 0 Å². The molecule has 3 rings (SSSR count). The fourth-order valence-corrected chi connectivity index (χ4v) is 4.30. The normalized spacial score (nSPS) is 11.6. The van der Waals surface area contributed by atoms with Gasteiger partial charge < -0.3 is 10.6 Å². The number of carbonyl (C=O) groups excluding carboxylic acids is 2. The van der Waals surface area contributed by atoms with Crippen LogP contribution in [0.1, 0.15) is 29.3 Å². The summed E-state index contributed by atoms with van der Waals surface area (Å²) in [5.74, 6) is -0.205. The van der Waals surface area contributed by atoms with E-state index in [-0.39, 0.29) is 17.1 Å². The van der Waals surface area contributed by atoms with Crippen LogP contribution >= 0.6 is 27.7 Å². The van der Waals surface area contributed by atoms with Crippen LogP contribution in [-0.2, 0) is 4.79 Å². The molecule has 0 spiro atoms. The Morgan fingerprint density at radius 2 is 1.73 bits per heavy atom. The maximum Gasteiger partial charge on any atom is 0.255 e. The third-order valence-electron chi connectivity index (χ3n) is 4.45. The fourth-order valence-electron chi connectivity index (χ4n) is 2.90. The van der Waals surface area contributed by atoms with Gasteiger partial charge in [-0.3, -0.25) is 9.59 Å². The molecule has 0 bridgehead atoms. The van der Waals surface area contributed by atoms with Gasteiger partial charge in [0.2, 0.25) is 5.91 Å². The van der Waals surface area contributed by atoms with E-state index in [0.29, 0.717) is 17.7 Å². The van der Waals surface area contributed by atoms with Crippen molar-refractivity contribution < 1.29 is 9.59 Å². The van der Waals surface area contributed by atoms with Gasteiger partial charge in [0.15, 0.2) is 0 Å². The van der Waals surface area contributed by atoms with Gasteiger partial charge in [-0.1, -0.05) is 42.8 Å². The Bertz CT molecular complexity index is 1050. The summed E-state index contributed by atoms with van der Waals surface area (Å²) in [5.41, 5.74) is 3.11. The molecule has 30 heavy (non-hydrogen) atoms.